The van der Waals surface area contributed by atoms with Gasteiger partial charge < -0.3 is 14.6 Å². The van der Waals surface area contributed by atoms with Crippen molar-refractivity contribution in [2.24, 2.45) is 5.41 Å². The minimum absolute atomic E-state index is 0.0106. The monoisotopic (exact) mass is 327 g/mol. The van der Waals surface area contributed by atoms with Crippen LogP contribution in [-0.2, 0) is 10.0 Å². The smallest absolute Gasteiger partial charge is 0.240 e. The van der Waals surface area contributed by atoms with Gasteiger partial charge in [0.25, 0.3) is 0 Å². The van der Waals surface area contributed by atoms with Crippen molar-refractivity contribution < 1.29 is 23.0 Å². The quantitative estimate of drug-likeness (QED) is 0.859. The van der Waals surface area contributed by atoms with Crippen LogP contribution in [0.25, 0.3) is 0 Å². The standard InChI is InChI=1S/C15H21NO5S/c17-10-15(6-2-1-3-7-15)9-16-22(18,19)12-4-5-13-14(8-12)21-11-20-13/h4-5,8,16-17H,1-3,6-7,9-11H2. The first-order valence-electron chi connectivity index (χ1n) is 7.55. The molecule has 1 aromatic carbocycles. The highest BCUT2D eigenvalue weighted by molar-refractivity contribution is 7.89. The van der Waals surface area contributed by atoms with Crippen LogP contribution < -0.4 is 14.2 Å². The molecule has 3 rings (SSSR count). The molecule has 122 valence electrons. The molecule has 0 spiro atoms. The van der Waals surface area contributed by atoms with Gasteiger partial charge in [0.15, 0.2) is 11.5 Å². The van der Waals surface area contributed by atoms with E-state index in [-0.39, 0.29) is 30.3 Å². The summed E-state index contributed by atoms with van der Waals surface area (Å²) in [6.45, 7) is 0.386. The van der Waals surface area contributed by atoms with Gasteiger partial charge in [-0.2, -0.15) is 0 Å². The van der Waals surface area contributed by atoms with Gasteiger partial charge in [-0.1, -0.05) is 19.3 Å². The van der Waals surface area contributed by atoms with Crippen LogP contribution in [0.4, 0.5) is 0 Å². The third-order valence-corrected chi connectivity index (χ3v) is 5.94. The van der Waals surface area contributed by atoms with E-state index in [2.05, 4.69) is 4.72 Å². The number of aliphatic hydroxyl groups is 1. The van der Waals surface area contributed by atoms with Crippen molar-refractivity contribution in [3.8, 4) is 11.5 Å². The van der Waals surface area contributed by atoms with Gasteiger partial charge in [0, 0.05) is 24.6 Å². The van der Waals surface area contributed by atoms with Crippen LogP contribution in [0.5, 0.6) is 11.5 Å². The number of rotatable bonds is 5. The molecule has 1 aromatic rings. The van der Waals surface area contributed by atoms with Crippen LogP contribution in [-0.4, -0.2) is 33.5 Å². The number of fused-ring (bicyclic) bond motifs is 1. The summed E-state index contributed by atoms with van der Waals surface area (Å²) in [5, 5.41) is 9.66. The third-order valence-electron chi connectivity index (χ3n) is 4.54. The van der Waals surface area contributed by atoms with Crippen LogP contribution in [0.15, 0.2) is 23.1 Å². The van der Waals surface area contributed by atoms with E-state index in [9.17, 15) is 13.5 Å². The summed E-state index contributed by atoms with van der Waals surface area (Å²) in [6.07, 6.45) is 4.93. The Hall–Kier alpha value is -1.31. The summed E-state index contributed by atoms with van der Waals surface area (Å²) in [5.41, 5.74) is -0.332. The number of aliphatic hydroxyl groups excluding tert-OH is 1. The van der Waals surface area contributed by atoms with Crippen molar-refractivity contribution in [1.29, 1.82) is 0 Å². The summed E-state index contributed by atoms with van der Waals surface area (Å²) in [6, 6.07) is 4.57. The Balaban J connectivity index is 1.73. The first-order chi connectivity index (χ1) is 10.5. The van der Waals surface area contributed by atoms with Crippen molar-refractivity contribution in [3.63, 3.8) is 0 Å². The Labute approximate surface area is 130 Å². The zero-order chi connectivity index (χ0) is 15.6. The largest absolute Gasteiger partial charge is 0.454 e. The van der Waals surface area contributed by atoms with Crippen molar-refractivity contribution in [3.05, 3.63) is 18.2 Å². The lowest BCUT2D eigenvalue weighted by Crippen LogP contribution is -2.41. The molecule has 2 N–H and O–H groups in total. The Bertz CT molecular complexity index is 637. The van der Waals surface area contributed by atoms with Crippen LogP contribution in [0.3, 0.4) is 0 Å². The summed E-state index contributed by atoms with van der Waals surface area (Å²) in [5.74, 6) is 0.996. The molecule has 0 saturated heterocycles. The molecule has 0 radical (unpaired) electrons. The first-order valence-corrected chi connectivity index (χ1v) is 9.03. The maximum absolute atomic E-state index is 12.4. The average molecular weight is 327 g/mol. The molecular weight excluding hydrogens is 306 g/mol. The molecule has 1 aliphatic heterocycles. The molecule has 0 unspecified atom stereocenters. The summed E-state index contributed by atoms with van der Waals surface area (Å²) < 4.78 is 37.9. The van der Waals surface area contributed by atoms with E-state index in [1.165, 1.54) is 12.1 Å². The van der Waals surface area contributed by atoms with Gasteiger partial charge in [-0.05, 0) is 25.0 Å². The molecule has 0 amide bonds. The third kappa shape index (κ3) is 3.06. The fourth-order valence-electron chi connectivity index (χ4n) is 3.07. The average Bonchev–Trinajstić information content (AvgIpc) is 3.01. The molecule has 6 nitrogen and oxygen atoms in total. The topological polar surface area (TPSA) is 84.9 Å². The Morgan fingerprint density at radius 1 is 1.14 bits per heavy atom. The van der Waals surface area contributed by atoms with Crippen LogP contribution in [0.1, 0.15) is 32.1 Å². The van der Waals surface area contributed by atoms with Gasteiger partial charge >= 0.3 is 0 Å². The molecule has 7 heteroatoms. The Kier molecular flexibility index (Phi) is 4.29. The second kappa shape index (κ2) is 6.06. The lowest BCUT2D eigenvalue weighted by molar-refractivity contribution is 0.0867. The van der Waals surface area contributed by atoms with E-state index >= 15 is 0 Å². The molecule has 22 heavy (non-hydrogen) atoms. The predicted octanol–water partition coefficient (Wildman–Crippen LogP) is 1.64. The Morgan fingerprint density at radius 3 is 2.59 bits per heavy atom. The van der Waals surface area contributed by atoms with Crippen LogP contribution in [0.2, 0.25) is 0 Å². The highest BCUT2D eigenvalue weighted by atomic mass is 32.2. The molecule has 0 atom stereocenters. The second-order valence-electron chi connectivity index (χ2n) is 6.06. The van der Waals surface area contributed by atoms with Crippen molar-refractivity contribution in [2.45, 2.75) is 37.0 Å². The molecular formula is C15H21NO5S. The summed E-state index contributed by atoms with van der Waals surface area (Å²) in [4.78, 5) is 0.153. The fraction of sp³-hybridized carbons (Fsp3) is 0.600. The highest BCUT2D eigenvalue weighted by Crippen LogP contribution is 2.36. The highest BCUT2D eigenvalue weighted by Gasteiger charge is 2.33. The van der Waals surface area contributed by atoms with Gasteiger partial charge in [-0.25, -0.2) is 13.1 Å². The lowest BCUT2D eigenvalue weighted by Gasteiger charge is -2.35. The number of sulfonamides is 1. The SMILES string of the molecule is O=S(=O)(NCC1(CO)CCCCC1)c1ccc2c(c1)OCO2. The second-order valence-corrected chi connectivity index (χ2v) is 7.83. The van der Waals surface area contributed by atoms with E-state index in [4.69, 9.17) is 9.47 Å². The maximum Gasteiger partial charge on any atom is 0.240 e. The van der Waals surface area contributed by atoms with E-state index in [1.807, 2.05) is 0 Å². The minimum atomic E-state index is -3.63. The number of hydrogen-bond acceptors (Lipinski definition) is 5. The molecule has 0 bridgehead atoms. The van der Waals surface area contributed by atoms with E-state index in [1.54, 1.807) is 6.07 Å². The van der Waals surface area contributed by atoms with Crippen molar-refractivity contribution in [2.75, 3.05) is 19.9 Å². The maximum atomic E-state index is 12.4. The molecule has 1 aliphatic carbocycles. The number of ether oxygens (including phenoxy) is 2. The van der Waals surface area contributed by atoms with Crippen LogP contribution >= 0.6 is 0 Å². The molecule has 1 fully saturated rings. The van der Waals surface area contributed by atoms with Crippen molar-refractivity contribution in [1.82, 2.24) is 4.72 Å². The van der Waals surface area contributed by atoms with Gasteiger partial charge in [0.1, 0.15) is 0 Å². The zero-order valence-corrected chi connectivity index (χ0v) is 13.2. The summed E-state index contributed by atoms with van der Waals surface area (Å²) >= 11 is 0. The molecule has 1 heterocycles. The van der Waals surface area contributed by atoms with Crippen LogP contribution in [0, 0.1) is 5.41 Å². The van der Waals surface area contributed by atoms with E-state index in [0.717, 1.165) is 32.1 Å². The normalized spacial score (nSPS) is 20.0. The van der Waals surface area contributed by atoms with Gasteiger partial charge in [-0.3, -0.25) is 0 Å². The van der Waals surface area contributed by atoms with Gasteiger partial charge in [0.05, 0.1) is 4.90 Å². The number of benzene rings is 1. The van der Waals surface area contributed by atoms with E-state index < -0.39 is 10.0 Å². The zero-order valence-electron chi connectivity index (χ0n) is 12.4. The summed E-state index contributed by atoms with van der Waals surface area (Å²) in [7, 11) is -3.63. The Morgan fingerprint density at radius 2 is 1.86 bits per heavy atom. The van der Waals surface area contributed by atoms with E-state index in [0.29, 0.717) is 11.5 Å². The van der Waals surface area contributed by atoms with Gasteiger partial charge in [0.2, 0.25) is 16.8 Å². The predicted molar refractivity (Wildman–Crippen MR) is 80.4 cm³/mol. The molecule has 0 aromatic heterocycles. The first kappa shape index (κ1) is 15.6. The minimum Gasteiger partial charge on any atom is -0.454 e. The number of nitrogens with one attached hydrogen (secondary N) is 1. The molecule has 1 saturated carbocycles. The van der Waals surface area contributed by atoms with Gasteiger partial charge in [-0.15, -0.1) is 0 Å². The number of hydrogen-bond donors (Lipinski definition) is 2. The lowest BCUT2D eigenvalue weighted by atomic mass is 9.75. The fourth-order valence-corrected chi connectivity index (χ4v) is 4.24. The van der Waals surface area contributed by atoms with Crippen molar-refractivity contribution >= 4 is 10.0 Å². The molecule has 2 aliphatic rings.